The number of rotatable bonds is 6. The second kappa shape index (κ2) is 7.11. The molecule has 0 fully saturated rings. The Labute approximate surface area is 130 Å². The normalized spacial score (nSPS) is 11.1. The maximum absolute atomic E-state index is 6.37. The zero-order valence-corrected chi connectivity index (χ0v) is 13.8. The van der Waals surface area contributed by atoms with Gasteiger partial charge in [0.15, 0.2) is 0 Å². The van der Waals surface area contributed by atoms with Gasteiger partial charge in [0.2, 0.25) is 0 Å². The summed E-state index contributed by atoms with van der Waals surface area (Å²) >= 11 is 8.15. The molecule has 0 radical (unpaired) electrons. The molecule has 0 unspecified atom stereocenters. The second-order valence-electron chi connectivity index (χ2n) is 5.25. The molecule has 0 bridgehead atoms. The number of thiophene rings is 1. The van der Waals surface area contributed by atoms with E-state index in [1.807, 2.05) is 6.07 Å². The van der Waals surface area contributed by atoms with Crippen molar-refractivity contribution in [2.24, 2.45) is 0 Å². The number of anilines is 1. The summed E-state index contributed by atoms with van der Waals surface area (Å²) in [5, 5.41) is 6.33. The fourth-order valence-electron chi connectivity index (χ4n) is 1.96. The van der Waals surface area contributed by atoms with Crippen LogP contribution in [0.25, 0.3) is 0 Å². The van der Waals surface area contributed by atoms with Crippen LogP contribution in [-0.4, -0.2) is 13.1 Å². The van der Waals surface area contributed by atoms with E-state index >= 15 is 0 Å². The van der Waals surface area contributed by atoms with Gasteiger partial charge in [-0.2, -0.15) is 0 Å². The van der Waals surface area contributed by atoms with Gasteiger partial charge in [0, 0.05) is 35.2 Å². The maximum Gasteiger partial charge on any atom is 0.0519 e. The van der Waals surface area contributed by atoms with E-state index in [1.165, 1.54) is 4.88 Å². The molecule has 0 amide bonds. The third kappa shape index (κ3) is 4.23. The first kappa shape index (κ1) is 15.4. The molecule has 0 atom stereocenters. The van der Waals surface area contributed by atoms with Crippen LogP contribution in [0.4, 0.5) is 5.69 Å². The van der Waals surface area contributed by atoms with Gasteiger partial charge in [-0.3, -0.25) is 0 Å². The van der Waals surface area contributed by atoms with Crippen molar-refractivity contribution in [2.75, 3.05) is 11.9 Å². The summed E-state index contributed by atoms with van der Waals surface area (Å²) in [6.07, 6.45) is 0. The topological polar surface area (TPSA) is 15.3 Å². The highest BCUT2D eigenvalue weighted by molar-refractivity contribution is 7.09. The van der Waals surface area contributed by atoms with Gasteiger partial charge in [0.1, 0.15) is 0 Å². The van der Waals surface area contributed by atoms with Crippen molar-refractivity contribution >= 4 is 28.6 Å². The SMILES string of the molecule is CC(C)NCc1ccc(N(C)Cc2cccs2)cc1Cl. The summed E-state index contributed by atoms with van der Waals surface area (Å²) in [6.45, 7) is 6.00. The summed E-state index contributed by atoms with van der Waals surface area (Å²) in [4.78, 5) is 3.58. The van der Waals surface area contributed by atoms with Crippen LogP contribution in [0.3, 0.4) is 0 Å². The monoisotopic (exact) mass is 308 g/mol. The highest BCUT2D eigenvalue weighted by Gasteiger charge is 2.07. The Morgan fingerprint density at radius 2 is 2.10 bits per heavy atom. The molecule has 0 saturated heterocycles. The van der Waals surface area contributed by atoms with Crippen LogP contribution in [0, 0.1) is 0 Å². The largest absolute Gasteiger partial charge is 0.369 e. The van der Waals surface area contributed by atoms with Gasteiger partial charge in [-0.05, 0) is 29.1 Å². The molecule has 20 heavy (non-hydrogen) atoms. The average Bonchev–Trinajstić information content (AvgIpc) is 2.89. The summed E-state index contributed by atoms with van der Waals surface area (Å²) in [6, 6.07) is 11.0. The van der Waals surface area contributed by atoms with E-state index in [-0.39, 0.29) is 0 Å². The summed E-state index contributed by atoms with van der Waals surface area (Å²) in [5.74, 6) is 0. The molecule has 0 aliphatic heterocycles. The Hall–Kier alpha value is -1.03. The molecule has 0 spiro atoms. The number of hydrogen-bond donors (Lipinski definition) is 1. The lowest BCUT2D eigenvalue weighted by Crippen LogP contribution is -2.22. The molecule has 2 aromatic rings. The molecule has 0 aliphatic carbocycles. The van der Waals surface area contributed by atoms with Crippen molar-refractivity contribution in [3.05, 3.63) is 51.2 Å². The molecule has 0 saturated carbocycles. The summed E-state index contributed by atoms with van der Waals surface area (Å²) in [7, 11) is 2.09. The van der Waals surface area contributed by atoms with E-state index in [0.717, 1.165) is 29.4 Å². The minimum Gasteiger partial charge on any atom is -0.369 e. The first-order valence-electron chi connectivity index (χ1n) is 6.81. The van der Waals surface area contributed by atoms with Crippen molar-refractivity contribution in [2.45, 2.75) is 33.0 Å². The fourth-order valence-corrected chi connectivity index (χ4v) is 2.96. The molecule has 4 heteroatoms. The Bertz CT molecular complexity index is 537. The molecule has 0 aliphatic rings. The van der Waals surface area contributed by atoms with Crippen LogP contribution in [0.1, 0.15) is 24.3 Å². The Morgan fingerprint density at radius 1 is 1.30 bits per heavy atom. The molecule has 2 rings (SSSR count). The van der Waals surface area contributed by atoms with Crippen LogP contribution >= 0.6 is 22.9 Å². The standard InChI is InChI=1S/C16H21ClN2S/c1-12(2)18-10-13-6-7-14(9-16(13)17)19(3)11-15-5-4-8-20-15/h4-9,12,18H,10-11H2,1-3H3. The van der Waals surface area contributed by atoms with Crippen LogP contribution in [0.15, 0.2) is 35.7 Å². The number of hydrogen-bond acceptors (Lipinski definition) is 3. The minimum absolute atomic E-state index is 0.465. The molecule has 1 aromatic carbocycles. The zero-order valence-electron chi connectivity index (χ0n) is 12.2. The first-order valence-corrected chi connectivity index (χ1v) is 8.07. The van der Waals surface area contributed by atoms with Crippen LogP contribution in [0.5, 0.6) is 0 Å². The molecule has 108 valence electrons. The zero-order chi connectivity index (χ0) is 14.5. The van der Waals surface area contributed by atoms with Gasteiger partial charge in [-0.1, -0.05) is 37.6 Å². The Balaban J connectivity index is 2.04. The van der Waals surface area contributed by atoms with Crippen molar-refractivity contribution < 1.29 is 0 Å². The maximum atomic E-state index is 6.37. The highest BCUT2D eigenvalue weighted by Crippen LogP contribution is 2.25. The second-order valence-corrected chi connectivity index (χ2v) is 6.69. The predicted molar refractivity (Wildman–Crippen MR) is 89.9 cm³/mol. The van der Waals surface area contributed by atoms with E-state index in [0.29, 0.717) is 6.04 Å². The van der Waals surface area contributed by atoms with Gasteiger partial charge >= 0.3 is 0 Å². The van der Waals surface area contributed by atoms with E-state index in [2.05, 4.69) is 60.8 Å². The highest BCUT2D eigenvalue weighted by atomic mass is 35.5. The Morgan fingerprint density at radius 3 is 2.70 bits per heavy atom. The molecular weight excluding hydrogens is 288 g/mol. The van der Waals surface area contributed by atoms with Crippen molar-refractivity contribution in [3.63, 3.8) is 0 Å². The number of nitrogens with one attached hydrogen (secondary N) is 1. The Kier molecular flexibility index (Phi) is 5.46. The number of benzene rings is 1. The van der Waals surface area contributed by atoms with E-state index < -0.39 is 0 Å². The van der Waals surface area contributed by atoms with Crippen LogP contribution < -0.4 is 10.2 Å². The summed E-state index contributed by atoms with van der Waals surface area (Å²) < 4.78 is 0. The quantitative estimate of drug-likeness (QED) is 0.843. The lowest BCUT2D eigenvalue weighted by atomic mass is 10.2. The fraction of sp³-hybridized carbons (Fsp3) is 0.375. The van der Waals surface area contributed by atoms with Crippen LogP contribution in [-0.2, 0) is 13.1 Å². The lowest BCUT2D eigenvalue weighted by molar-refractivity contribution is 0.589. The number of nitrogens with zero attached hydrogens (tertiary/aromatic N) is 1. The molecular formula is C16H21ClN2S. The van der Waals surface area contributed by atoms with E-state index in [9.17, 15) is 0 Å². The van der Waals surface area contributed by atoms with Crippen molar-refractivity contribution in [1.29, 1.82) is 0 Å². The molecule has 1 aromatic heterocycles. The van der Waals surface area contributed by atoms with Crippen molar-refractivity contribution in [3.8, 4) is 0 Å². The lowest BCUT2D eigenvalue weighted by Gasteiger charge is -2.20. The first-order chi connectivity index (χ1) is 9.56. The predicted octanol–water partition coefficient (Wildman–Crippen LogP) is 4.54. The van der Waals surface area contributed by atoms with Gasteiger partial charge in [0.05, 0.1) is 6.54 Å². The van der Waals surface area contributed by atoms with Gasteiger partial charge in [0.25, 0.3) is 0 Å². The van der Waals surface area contributed by atoms with Gasteiger partial charge < -0.3 is 10.2 Å². The van der Waals surface area contributed by atoms with Crippen LogP contribution in [0.2, 0.25) is 5.02 Å². The smallest absolute Gasteiger partial charge is 0.0519 e. The minimum atomic E-state index is 0.465. The van der Waals surface area contributed by atoms with Gasteiger partial charge in [-0.25, -0.2) is 0 Å². The molecule has 2 nitrogen and oxygen atoms in total. The van der Waals surface area contributed by atoms with Gasteiger partial charge in [-0.15, -0.1) is 11.3 Å². The third-order valence-corrected chi connectivity index (χ3v) is 4.36. The van der Waals surface area contributed by atoms with Crippen molar-refractivity contribution in [1.82, 2.24) is 5.32 Å². The molecule has 1 N–H and O–H groups in total. The summed E-state index contributed by atoms with van der Waals surface area (Å²) in [5.41, 5.74) is 2.30. The third-order valence-electron chi connectivity index (χ3n) is 3.15. The average molecular weight is 309 g/mol. The van der Waals surface area contributed by atoms with E-state index in [4.69, 9.17) is 11.6 Å². The molecule has 1 heterocycles. The van der Waals surface area contributed by atoms with E-state index in [1.54, 1.807) is 11.3 Å². The number of halogens is 1.